The minimum Gasteiger partial charge on any atom is -0.275 e. The van der Waals surface area contributed by atoms with Crippen LogP contribution in [-0.2, 0) is 13.1 Å². The number of benzene rings is 2. The zero-order valence-corrected chi connectivity index (χ0v) is 14.2. The summed E-state index contributed by atoms with van der Waals surface area (Å²) in [5.74, 6) is 3.56. The van der Waals surface area contributed by atoms with Crippen molar-refractivity contribution < 1.29 is 0 Å². The van der Waals surface area contributed by atoms with Crippen molar-refractivity contribution >= 4 is 33.4 Å². The third-order valence-corrected chi connectivity index (χ3v) is 3.92. The molecule has 0 fully saturated rings. The van der Waals surface area contributed by atoms with Crippen molar-refractivity contribution in [3.05, 3.63) is 52.9 Å². The molecule has 0 aliphatic rings. The molecule has 0 unspecified atom stereocenters. The lowest BCUT2D eigenvalue weighted by atomic mass is 10.1. The van der Waals surface area contributed by atoms with Crippen LogP contribution in [0.1, 0.15) is 6.92 Å². The Morgan fingerprint density at radius 1 is 1.18 bits per heavy atom. The maximum atomic E-state index is 12.4. The van der Waals surface area contributed by atoms with Gasteiger partial charge in [0.2, 0.25) is 0 Å². The Hall–Kier alpha value is -2.07. The fraction of sp³-hybridized carbons (Fsp3) is 0.176. The van der Waals surface area contributed by atoms with Crippen molar-refractivity contribution in [3.63, 3.8) is 0 Å². The number of nitrogens with zero attached hydrogens (tertiary/aromatic N) is 3. The van der Waals surface area contributed by atoms with E-state index in [0.717, 1.165) is 10.9 Å². The zero-order valence-electron chi connectivity index (χ0n) is 12.1. The molecule has 0 aliphatic carbocycles. The molecular weight excluding hydrogens is 389 g/mol. The lowest BCUT2D eigenvalue weighted by molar-refractivity contribution is 0.649. The normalized spacial score (nSPS) is 10.5. The molecule has 3 rings (SSSR count). The van der Waals surface area contributed by atoms with Crippen molar-refractivity contribution in [2.75, 3.05) is 0 Å². The van der Waals surface area contributed by atoms with E-state index in [0.29, 0.717) is 18.9 Å². The minimum atomic E-state index is -0.121. The number of aromatic nitrogens is 3. The van der Waals surface area contributed by atoms with Gasteiger partial charge in [-0.3, -0.25) is 4.57 Å². The summed E-state index contributed by atoms with van der Waals surface area (Å²) in [6, 6.07) is 14.3. The van der Waals surface area contributed by atoms with E-state index in [2.05, 4.69) is 39.2 Å². The summed E-state index contributed by atoms with van der Waals surface area (Å²) in [6.07, 6.45) is 0. The summed E-state index contributed by atoms with van der Waals surface area (Å²) in [5.41, 5.74) is 0.823. The molecule has 110 valence electrons. The largest absolute Gasteiger partial charge is 0.347 e. The highest BCUT2D eigenvalue weighted by Crippen LogP contribution is 2.22. The molecule has 5 heteroatoms. The van der Waals surface area contributed by atoms with Crippen LogP contribution in [0.4, 0.5) is 0 Å². The highest BCUT2D eigenvalue weighted by Gasteiger charge is 2.13. The molecule has 4 nitrogen and oxygen atoms in total. The van der Waals surface area contributed by atoms with Crippen LogP contribution >= 0.6 is 22.6 Å². The van der Waals surface area contributed by atoms with Gasteiger partial charge in [-0.15, -0.1) is 5.10 Å². The summed E-state index contributed by atoms with van der Waals surface area (Å²) >= 11 is 1.96. The lowest BCUT2D eigenvalue weighted by Gasteiger charge is -2.04. The third-order valence-electron chi connectivity index (χ3n) is 3.54. The van der Waals surface area contributed by atoms with Gasteiger partial charge < -0.3 is 0 Å². The fourth-order valence-corrected chi connectivity index (χ4v) is 2.65. The van der Waals surface area contributed by atoms with Gasteiger partial charge in [0.15, 0.2) is 5.82 Å². The van der Waals surface area contributed by atoms with Crippen molar-refractivity contribution in [1.82, 2.24) is 14.3 Å². The van der Waals surface area contributed by atoms with Crippen LogP contribution < -0.4 is 5.69 Å². The topological polar surface area (TPSA) is 39.8 Å². The Labute approximate surface area is 141 Å². The molecular formula is C17H14IN3O. The van der Waals surface area contributed by atoms with Gasteiger partial charge in [0, 0.05) is 34.7 Å². The van der Waals surface area contributed by atoms with E-state index >= 15 is 0 Å². The van der Waals surface area contributed by atoms with Crippen LogP contribution in [0.5, 0.6) is 0 Å². The molecule has 1 aromatic heterocycles. The highest BCUT2D eigenvalue weighted by molar-refractivity contribution is 14.1. The van der Waals surface area contributed by atoms with E-state index < -0.39 is 0 Å². The maximum Gasteiger partial charge on any atom is 0.347 e. The van der Waals surface area contributed by atoms with Crippen molar-refractivity contribution in [2.45, 2.75) is 20.0 Å². The van der Waals surface area contributed by atoms with Crippen LogP contribution in [0.2, 0.25) is 0 Å². The summed E-state index contributed by atoms with van der Waals surface area (Å²) in [7, 11) is 0. The molecule has 0 amide bonds. The molecule has 0 saturated carbocycles. The van der Waals surface area contributed by atoms with Crippen molar-refractivity contribution in [1.29, 1.82) is 0 Å². The molecule has 0 bridgehead atoms. The molecule has 22 heavy (non-hydrogen) atoms. The van der Waals surface area contributed by atoms with Gasteiger partial charge in [-0.05, 0) is 27.7 Å². The SMILES string of the molecule is CCn1c(-c2ccc3ccccc3c2)nn(CC#CI)c1=O. The number of halogens is 1. The molecule has 0 aliphatic heterocycles. The minimum absolute atomic E-state index is 0.121. The van der Waals surface area contributed by atoms with Gasteiger partial charge in [-0.1, -0.05) is 42.3 Å². The predicted octanol–water partition coefficient (Wildman–Crippen LogP) is 3.28. The first-order valence-corrected chi connectivity index (χ1v) is 8.07. The average molecular weight is 403 g/mol. The van der Waals surface area contributed by atoms with Crippen LogP contribution in [0.3, 0.4) is 0 Å². The summed E-state index contributed by atoms with van der Waals surface area (Å²) in [5, 5.41) is 6.77. The predicted molar refractivity (Wildman–Crippen MR) is 96.9 cm³/mol. The van der Waals surface area contributed by atoms with E-state index in [9.17, 15) is 4.79 Å². The summed E-state index contributed by atoms with van der Waals surface area (Å²) in [4.78, 5) is 12.4. The van der Waals surface area contributed by atoms with E-state index in [1.165, 1.54) is 10.1 Å². The number of hydrogen-bond acceptors (Lipinski definition) is 2. The Kier molecular flexibility index (Phi) is 4.29. The average Bonchev–Trinajstić information content (AvgIpc) is 2.88. The molecule has 0 N–H and O–H groups in total. The molecule has 0 atom stereocenters. The van der Waals surface area contributed by atoms with Crippen LogP contribution in [0.25, 0.3) is 22.2 Å². The van der Waals surface area contributed by atoms with Gasteiger partial charge >= 0.3 is 5.69 Å². The monoisotopic (exact) mass is 403 g/mol. The Morgan fingerprint density at radius 2 is 1.95 bits per heavy atom. The van der Waals surface area contributed by atoms with E-state index in [1.54, 1.807) is 4.57 Å². The number of rotatable bonds is 3. The first-order chi connectivity index (χ1) is 10.7. The third kappa shape index (κ3) is 2.66. The molecule has 2 aromatic carbocycles. The summed E-state index contributed by atoms with van der Waals surface area (Å²) < 4.78 is 5.86. The second-order valence-corrected chi connectivity index (χ2v) is 5.38. The van der Waals surface area contributed by atoms with Gasteiger partial charge in [0.05, 0.1) is 0 Å². The van der Waals surface area contributed by atoms with Gasteiger partial charge in [-0.25, -0.2) is 9.48 Å². The second-order valence-electron chi connectivity index (χ2n) is 4.84. The molecule has 0 saturated heterocycles. The maximum absolute atomic E-state index is 12.4. The van der Waals surface area contributed by atoms with Crippen molar-refractivity contribution in [3.8, 4) is 21.2 Å². The standard InChI is InChI=1S/C17H14IN3O/c1-2-20-16(19-21(17(20)22)11-5-10-18)15-9-8-13-6-3-4-7-14(13)12-15/h3-4,6-9,12H,2,11H2,1H3. The number of fused-ring (bicyclic) bond motifs is 1. The molecule has 3 aromatic rings. The quantitative estimate of drug-likeness (QED) is 0.498. The Morgan fingerprint density at radius 3 is 2.68 bits per heavy atom. The second kappa shape index (κ2) is 6.36. The smallest absolute Gasteiger partial charge is 0.275 e. The molecule has 0 spiro atoms. The van der Waals surface area contributed by atoms with Crippen molar-refractivity contribution in [2.24, 2.45) is 0 Å². The van der Waals surface area contributed by atoms with Gasteiger partial charge in [0.1, 0.15) is 6.54 Å². The van der Waals surface area contributed by atoms with Crippen LogP contribution in [-0.4, -0.2) is 14.3 Å². The highest BCUT2D eigenvalue weighted by atomic mass is 127. The van der Waals surface area contributed by atoms with E-state index in [1.807, 2.05) is 47.7 Å². The summed E-state index contributed by atoms with van der Waals surface area (Å²) in [6.45, 7) is 2.84. The van der Waals surface area contributed by atoms with Crippen LogP contribution in [0, 0.1) is 9.85 Å². The van der Waals surface area contributed by atoms with E-state index in [4.69, 9.17) is 0 Å². The van der Waals surface area contributed by atoms with Gasteiger partial charge in [-0.2, -0.15) is 0 Å². The lowest BCUT2D eigenvalue weighted by Crippen LogP contribution is -2.24. The molecule has 0 radical (unpaired) electrons. The van der Waals surface area contributed by atoms with E-state index in [-0.39, 0.29) is 5.69 Å². The Bertz CT molecular complexity index is 944. The Balaban J connectivity index is 2.16. The number of hydrogen-bond donors (Lipinski definition) is 0. The first-order valence-electron chi connectivity index (χ1n) is 7.00. The van der Waals surface area contributed by atoms with Crippen LogP contribution in [0.15, 0.2) is 47.3 Å². The molecule has 1 heterocycles. The van der Waals surface area contributed by atoms with Gasteiger partial charge in [0.25, 0.3) is 0 Å². The first kappa shape index (κ1) is 14.9. The fourth-order valence-electron chi connectivity index (χ4n) is 2.48. The zero-order chi connectivity index (χ0) is 15.5.